The minimum atomic E-state index is -4.06. The third-order valence-corrected chi connectivity index (χ3v) is 6.38. The van der Waals surface area contributed by atoms with E-state index in [9.17, 15) is 13.2 Å². The predicted molar refractivity (Wildman–Crippen MR) is 108 cm³/mol. The Morgan fingerprint density at radius 2 is 1.96 bits per heavy atom. The smallest absolute Gasteiger partial charge is 0.357 e. The topological polar surface area (TPSA) is 52.6 Å². The van der Waals surface area contributed by atoms with E-state index in [0.29, 0.717) is 25.3 Å². The number of hydrogen-bond acceptors (Lipinski definition) is 4. The minimum Gasteiger partial charge on any atom is -0.357 e. The SMILES string of the molecule is CCNC(=NCCc1csc(N2CCCC2)n1)NC1CCC(C(F)(F)F)CC1. The van der Waals surface area contributed by atoms with Crippen molar-refractivity contribution < 1.29 is 13.2 Å². The number of guanidine groups is 1. The second-order valence-electron chi connectivity index (χ2n) is 7.56. The number of anilines is 1. The summed E-state index contributed by atoms with van der Waals surface area (Å²) in [6.07, 6.45) is 0.618. The third-order valence-electron chi connectivity index (χ3n) is 5.43. The van der Waals surface area contributed by atoms with Crippen LogP contribution in [0.5, 0.6) is 0 Å². The van der Waals surface area contributed by atoms with Gasteiger partial charge >= 0.3 is 6.18 Å². The van der Waals surface area contributed by atoms with Crippen LogP contribution in [0.4, 0.5) is 18.3 Å². The van der Waals surface area contributed by atoms with E-state index in [4.69, 9.17) is 4.98 Å². The number of nitrogens with one attached hydrogen (secondary N) is 2. The van der Waals surface area contributed by atoms with Crippen LogP contribution in [-0.2, 0) is 6.42 Å². The molecule has 28 heavy (non-hydrogen) atoms. The molecular formula is C19H30F3N5S. The number of thiazole rings is 1. The summed E-state index contributed by atoms with van der Waals surface area (Å²) in [7, 11) is 0. The number of aromatic nitrogens is 1. The first-order valence-electron chi connectivity index (χ1n) is 10.3. The summed E-state index contributed by atoms with van der Waals surface area (Å²) in [4.78, 5) is 11.6. The van der Waals surface area contributed by atoms with Gasteiger partial charge in [-0.1, -0.05) is 0 Å². The van der Waals surface area contributed by atoms with Gasteiger partial charge in [0, 0.05) is 44.0 Å². The second-order valence-corrected chi connectivity index (χ2v) is 8.40. The van der Waals surface area contributed by atoms with E-state index in [1.54, 1.807) is 11.3 Å². The van der Waals surface area contributed by atoms with Gasteiger partial charge in [-0.2, -0.15) is 13.2 Å². The zero-order valence-electron chi connectivity index (χ0n) is 16.4. The van der Waals surface area contributed by atoms with Gasteiger partial charge in [-0.15, -0.1) is 11.3 Å². The maximum Gasteiger partial charge on any atom is 0.391 e. The van der Waals surface area contributed by atoms with Crippen LogP contribution in [-0.4, -0.2) is 49.3 Å². The fourth-order valence-electron chi connectivity index (χ4n) is 3.83. The number of alkyl halides is 3. The van der Waals surface area contributed by atoms with Gasteiger partial charge in [-0.05, 0) is 45.4 Å². The summed E-state index contributed by atoms with van der Waals surface area (Å²) in [5.74, 6) is -0.465. The van der Waals surface area contributed by atoms with Crippen LogP contribution < -0.4 is 15.5 Å². The Kier molecular flexibility index (Phi) is 7.42. The van der Waals surface area contributed by atoms with Crippen LogP contribution in [0.1, 0.15) is 51.1 Å². The Hall–Kier alpha value is -1.51. The first-order valence-corrected chi connectivity index (χ1v) is 11.1. The molecule has 0 spiro atoms. The summed E-state index contributed by atoms with van der Waals surface area (Å²) in [5, 5.41) is 9.71. The molecule has 0 bridgehead atoms. The van der Waals surface area contributed by atoms with Crippen LogP contribution in [0.25, 0.3) is 0 Å². The molecule has 1 aromatic heterocycles. The Bertz CT molecular complexity index is 632. The molecule has 5 nitrogen and oxygen atoms in total. The van der Waals surface area contributed by atoms with Crippen molar-refractivity contribution in [2.24, 2.45) is 10.9 Å². The van der Waals surface area contributed by atoms with Crippen molar-refractivity contribution >= 4 is 22.4 Å². The van der Waals surface area contributed by atoms with E-state index in [1.165, 1.54) is 12.8 Å². The fraction of sp³-hybridized carbons (Fsp3) is 0.789. The summed E-state index contributed by atoms with van der Waals surface area (Å²) < 4.78 is 38.4. The van der Waals surface area contributed by atoms with Gasteiger partial charge in [0.1, 0.15) is 0 Å². The molecule has 2 heterocycles. The molecule has 1 aliphatic carbocycles. The second kappa shape index (κ2) is 9.80. The zero-order chi connectivity index (χ0) is 20.0. The summed E-state index contributed by atoms with van der Waals surface area (Å²) >= 11 is 1.69. The zero-order valence-corrected chi connectivity index (χ0v) is 17.2. The van der Waals surface area contributed by atoms with E-state index in [1.807, 2.05) is 6.92 Å². The van der Waals surface area contributed by atoms with Crippen molar-refractivity contribution in [3.8, 4) is 0 Å². The highest BCUT2D eigenvalue weighted by Crippen LogP contribution is 2.37. The van der Waals surface area contributed by atoms with Gasteiger partial charge in [-0.25, -0.2) is 4.98 Å². The van der Waals surface area contributed by atoms with Gasteiger partial charge in [0.05, 0.1) is 11.6 Å². The van der Waals surface area contributed by atoms with Crippen molar-refractivity contribution in [2.45, 2.75) is 64.1 Å². The molecule has 0 radical (unpaired) electrons. The first kappa shape index (κ1) is 21.2. The molecule has 2 N–H and O–H groups in total. The lowest BCUT2D eigenvalue weighted by atomic mass is 9.85. The lowest BCUT2D eigenvalue weighted by Crippen LogP contribution is -2.46. The van der Waals surface area contributed by atoms with Gasteiger partial charge in [0.15, 0.2) is 11.1 Å². The van der Waals surface area contributed by atoms with E-state index in [-0.39, 0.29) is 18.9 Å². The highest BCUT2D eigenvalue weighted by Gasteiger charge is 2.41. The van der Waals surface area contributed by atoms with Crippen LogP contribution in [0.3, 0.4) is 0 Å². The molecule has 0 amide bonds. The van der Waals surface area contributed by atoms with E-state index in [2.05, 4.69) is 25.9 Å². The Morgan fingerprint density at radius 3 is 2.61 bits per heavy atom. The molecule has 1 saturated carbocycles. The van der Waals surface area contributed by atoms with Crippen molar-refractivity contribution in [3.05, 3.63) is 11.1 Å². The standard InChI is InChI=1S/C19H30F3N5S/c1-2-23-17(25-15-7-5-14(6-8-15)19(20,21)22)24-10-9-16-13-28-18(26-16)27-11-3-4-12-27/h13-15H,2-12H2,1H3,(H2,23,24,25). The summed E-state index contributed by atoms with van der Waals surface area (Å²) in [6, 6.07) is 0.0532. The Labute approximate surface area is 168 Å². The van der Waals surface area contributed by atoms with Crippen LogP contribution >= 0.6 is 11.3 Å². The lowest BCUT2D eigenvalue weighted by molar-refractivity contribution is -0.182. The van der Waals surface area contributed by atoms with Crippen molar-refractivity contribution in [2.75, 3.05) is 31.1 Å². The van der Waals surface area contributed by atoms with E-state index < -0.39 is 12.1 Å². The quantitative estimate of drug-likeness (QED) is 0.543. The molecule has 1 saturated heterocycles. The van der Waals surface area contributed by atoms with Crippen molar-refractivity contribution in [1.29, 1.82) is 0 Å². The van der Waals surface area contributed by atoms with Crippen molar-refractivity contribution in [1.82, 2.24) is 15.6 Å². The maximum absolute atomic E-state index is 12.8. The molecule has 158 valence electrons. The average molecular weight is 418 g/mol. The molecule has 2 fully saturated rings. The molecule has 1 aromatic rings. The van der Waals surface area contributed by atoms with Crippen LogP contribution in [0, 0.1) is 5.92 Å². The van der Waals surface area contributed by atoms with E-state index in [0.717, 1.165) is 36.9 Å². The van der Waals surface area contributed by atoms with E-state index >= 15 is 0 Å². The highest BCUT2D eigenvalue weighted by atomic mass is 32.1. The molecular weight excluding hydrogens is 387 g/mol. The molecule has 1 aliphatic heterocycles. The average Bonchev–Trinajstić information content (AvgIpc) is 3.33. The predicted octanol–water partition coefficient (Wildman–Crippen LogP) is 3.96. The summed E-state index contributed by atoms with van der Waals surface area (Å²) in [5.41, 5.74) is 1.05. The molecule has 0 aromatic carbocycles. The molecule has 0 unspecified atom stereocenters. The Morgan fingerprint density at radius 1 is 1.25 bits per heavy atom. The Balaban J connectivity index is 1.46. The highest BCUT2D eigenvalue weighted by molar-refractivity contribution is 7.13. The van der Waals surface area contributed by atoms with Crippen LogP contribution in [0.15, 0.2) is 10.4 Å². The normalized spacial score (nSPS) is 23.9. The van der Waals surface area contributed by atoms with Gasteiger partial charge in [0.25, 0.3) is 0 Å². The fourth-order valence-corrected chi connectivity index (χ4v) is 4.74. The minimum absolute atomic E-state index is 0.0532. The molecule has 9 heteroatoms. The summed E-state index contributed by atoms with van der Waals surface area (Å²) in [6.45, 7) is 5.50. The monoisotopic (exact) mass is 417 g/mol. The van der Waals surface area contributed by atoms with Gasteiger partial charge < -0.3 is 15.5 Å². The number of hydrogen-bond donors (Lipinski definition) is 2. The molecule has 2 aliphatic rings. The number of rotatable bonds is 6. The number of halogens is 3. The van der Waals surface area contributed by atoms with Crippen molar-refractivity contribution in [3.63, 3.8) is 0 Å². The molecule has 0 atom stereocenters. The third kappa shape index (κ3) is 5.99. The lowest BCUT2D eigenvalue weighted by Gasteiger charge is -2.31. The largest absolute Gasteiger partial charge is 0.391 e. The first-order chi connectivity index (χ1) is 13.5. The van der Waals surface area contributed by atoms with Gasteiger partial charge in [-0.3, -0.25) is 4.99 Å². The maximum atomic E-state index is 12.8. The molecule has 3 rings (SSSR count). The number of aliphatic imine (C=N–C) groups is 1. The number of nitrogens with zero attached hydrogens (tertiary/aromatic N) is 3. The van der Waals surface area contributed by atoms with Crippen LogP contribution in [0.2, 0.25) is 0 Å². The van der Waals surface area contributed by atoms with Gasteiger partial charge in [0.2, 0.25) is 0 Å².